The van der Waals surface area contributed by atoms with Gasteiger partial charge in [-0.15, -0.1) is 0 Å². The van der Waals surface area contributed by atoms with Crippen molar-refractivity contribution in [1.29, 1.82) is 0 Å². The van der Waals surface area contributed by atoms with E-state index in [9.17, 15) is 0 Å². The zero-order valence-corrected chi connectivity index (χ0v) is 15.1. The Morgan fingerprint density at radius 2 is 1.12 bits per heavy atom. The Morgan fingerprint density at radius 1 is 0.440 bits per heavy atom. The van der Waals surface area contributed by atoms with Crippen LogP contribution >= 0.6 is 15.9 Å². The molecule has 0 nitrogen and oxygen atoms in total. The van der Waals surface area contributed by atoms with Gasteiger partial charge in [0, 0.05) is 4.47 Å². The predicted molar refractivity (Wildman–Crippen MR) is 112 cm³/mol. The minimum atomic E-state index is 1.16. The van der Waals surface area contributed by atoms with E-state index in [1.807, 2.05) is 0 Å². The van der Waals surface area contributed by atoms with Gasteiger partial charge in [-0.2, -0.15) is 0 Å². The van der Waals surface area contributed by atoms with E-state index in [0.717, 1.165) is 4.47 Å². The van der Waals surface area contributed by atoms with Gasteiger partial charge in [-0.25, -0.2) is 0 Å². The molecular weight excluding hydrogens is 368 g/mol. The maximum atomic E-state index is 3.89. The van der Waals surface area contributed by atoms with Crippen molar-refractivity contribution in [1.82, 2.24) is 0 Å². The predicted octanol–water partition coefficient (Wildman–Crippen LogP) is 7.58. The van der Waals surface area contributed by atoms with E-state index in [4.69, 9.17) is 0 Å². The molecule has 1 heteroatoms. The van der Waals surface area contributed by atoms with Crippen LogP contribution in [-0.4, -0.2) is 0 Å². The molecular formula is C24H15Br. The van der Waals surface area contributed by atoms with E-state index in [1.165, 1.54) is 43.4 Å². The Balaban J connectivity index is 1.84. The second-order valence-electron chi connectivity index (χ2n) is 6.37. The first-order valence-electron chi connectivity index (χ1n) is 8.40. The van der Waals surface area contributed by atoms with Crippen molar-refractivity contribution in [3.8, 4) is 11.1 Å². The average molecular weight is 383 g/mol. The third-order valence-corrected chi connectivity index (χ3v) is 5.75. The fourth-order valence-electron chi connectivity index (χ4n) is 3.65. The number of benzene rings is 5. The summed E-state index contributed by atoms with van der Waals surface area (Å²) in [6.07, 6.45) is 0. The Bertz CT molecular complexity index is 1250. The summed E-state index contributed by atoms with van der Waals surface area (Å²) < 4.78 is 1.16. The monoisotopic (exact) mass is 382 g/mol. The maximum absolute atomic E-state index is 3.89. The third-order valence-electron chi connectivity index (χ3n) is 4.90. The van der Waals surface area contributed by atoms with Crippen molar-refractivity contribution in [3.63, 3.8) is 0 Å². The van der Waals surface area contributed by atoms with Crippen molar-refractivity contribution in [2.24, 2.45) is 0 Å². The standard InChI is InChI=1S/C24H15Br/c25-24-22(21-11-5-9-16-6-3-4-10-20(16)21)13-12-19-14-17-7-1-2-8-18(17)15-23(19)24/h1-15H. The Hall–Kier alpha value is -2.64. The van der Waals surface area contributed by atoms with E-state index in [1.54, 1.807) is 0 Å². The SMILES string of the molecule is Brc1c(-c2cccc3ccccc23)ccc2cc3ccccc3cc12. The van der Waals surface area contributed by atoms with Gasteiger partial charge in [0.05, 0.1) is 0 Å². The lowest BCUT2D eigenvalue weighted by Gasteiger charge is -2.12. The summed E-state index contributed by atoms with van der Waals surface area (Å²) in [6, 6.07) is 32.6. The molecule has 0 aromatic heterocycles. The van der Waals surface area contributed by atoms with Crippen LogP contribution in [0.1, 0.15) is 0 Å². The summed E-state index contributed by atoms with van der Waals surface area (Å²) in [4.78, 5) is 0. The van der Waals surface area contributed by atoms with Crippen LogP contribution in [0.15, 0.2) is 95.5 Å². The van der Waals surface area contributed by atoms with Gasteiger partial charge in [0.2, 0.25) is 0 Å². The Kier molecular flexibility index (Phi) is 3.36. The lowest BCUT2D eigenvalue weighted by molar-refractivity contribution is 1.66. The van der Waals surface area contributed by atoms with E-state index in [2.05, 4.69) is 107 Å². The van der Waals surface area contributed by atoms with Crippen LogP contribution in [0, 0.1) is 0 Å². The molecule has 118 valence electrons. The Labute approximate surface area is 154 Å². The Morgan fingerprint density at radius 3 is 1.96 bits per heavy atom. The molecule has 0 saturated carbocycles. The van der Waals surface area contributed by atoms with Gasteiger partial charge in [-0.1, -0.05) is 78.9 Å². The molecule has 5 rings (SSSR count). The van der Waals surface area contributed by atoms with Crippen LogP contribution in [0.5, 0.6) is 0 Å². The summed E-state index contributed by atoms with van der Waals surface area (Å²) in [5.74, 6) is 0. The molecule has 5 aromatic carbocycles. The fourth-order valence-corrected chi connectivity index (χ4v) is 4.33. The highest BCUT2D eigenvalue weighted by molar-refractivity contribution is 9.10. The number of hydrogen-bond donors (Lipinski definition) is 0. The van der Waals surface area contributed by atoms with Crippen LogP contribution in [0.3, 0.4) is 0 Å². The first kappa shape index (κ1) is 14.7. The second-order valence-corrected chi connectivity index (χ2v) is 7.17. The largest absolute Gasteiger partial charge is 0.0616 e. The molecule has 5 aromatic rings. The molecule has 0 atom stereocenters. The number of hydrogen-bond acceptors (Lipinski definition) is 0. The zero-order valence-electron chi connectivity index (χ0n) is 13.5. The smallest absolute Gasteiger partial charge is 0.0332 e. The summed E-state index contributed by atoms with van der Waals surface area (Å²) in [5, 5.41) is 7.61. The molecule has 0 fully saturated rings. The van der Waals surface area contributed by atoms with Crippen molar-refractivity contribution in [3.05, 3.63) is 95.5 Å². The number of halogens is 1. The lowest BCUT2D eigenvalue weighted by Crippen LogP contribution is -1.85. The third kappa shape index (κ3) is 2.35. The highest BCUT2D eigenvalue weighted by Crippen LogP contribution is 2.39. The van der Waals surface area contributed by atoms with Gasteiger partial charge < -0.3 is 0 Å². The highest BCUT2D eigenvalue weighted by Gasteiger charge is 2.10. The van der Waals surface area contributed by atoms with Gasteiger partial charge in [0.15, 0.2) is 0 Å². The molecule has 25 heavy (non-hydrogen) atoms. The molecule has 0 spiro atoms. The van der Waals surface area contributed by atoms with Crippen LogP contribution < -0.4 is 0 Å². The molecule has 0 aliphatic carbocycles. The number of fused-ring (bicyclic) bond motifs is 3. The van der Waals surface area contributed by atoms with Crippen molar-refractivity contribution in [2.45, 2.75) is 0 Å². The van der Waals surface area contributed by atoms with Gasteiger partial charge in [-0.3, -0.25) is 0 Å². The van der Waals surface area contributed by atoms with E-state index in [-0.39, 0.29) is 0 Å². The van der Waals surface area contributed by atoms with E-state index >= 15 is 0 Å². The first-order valence-corrected chi connectivity index (χ1v) is 9.20. The molecule has 0 unspecified atom stereocenters. The minimum Gasteiger partial charge on any atom is -0.0616 e. The molecule has 0 bridgehead atoms. The topological polar surface area (TPSA) is 0 Å². The van der Waals surface area contributed by atoms with Crippen molar-refractivity contribution >= 4 is 48.2 Å². The summed E-state index contributed by atoms with van der Waals surface area (Å²) >= 11 is 3.89. The van der Waals surface area contributed by atoms with Crippen LogP contribution in [0.4, 0.5) is 0 Å². The molecule has 0 N–H and O–H groups in total. The first-order chi connectivity index (χ1) is 12.3. The summed E-state index contributed by atoms with van der Waals surface area (Å²) in [7, 11) is 0. The van der Waals surface area contributed by atoms with Gasteiger partial charge in [-0.05, 0) is 71.5 Å². The van der Waals surface area contributed by atoms with Crippen LogP contribution in [0.2, 0.25) is 0 Å². The van der Waals surface area contributed by atoms with Gasteiger partial charge >= 0.3 is 0 Å². The van der Waals surface area contributed by atoms with Gasteiger partial charge in [0.1, 0.15) is 0 Å². The lowest BCUT2D eigenvalue weighted by atomic mass is 9.95. The maximum Gasteiger partial charge on any atom is 0.0332 e. The molecule has 0 amide bonds. The average Bonchev–Trinajstić information content (AvgIpc) is 2.67. The minimum absolute atomic E-state index is 1.16. The van der Waals surface area contributed by atoms with E-state index in [0.29, 0.717) is 0 Å². The molecule has 0 saturated heterocycles. The van der Waals surface area contributed by atoms with Crippen LogP contribution in [-0.2, 0) is 0 Å². The van der Waals surface area contributed by atoms with Gasteiger partial charge in [0.25, 0.3) is 0 Å². The second kappa shape index (κ2) is 5.72. The summed E-state index contributed by atoms with van der Waals surface area (Å²) in [5.41, 5.74) is 2.50. The molecule has 0 radical (unpaired) electrons. The quantitative estimate of drug-likeness (QED) is 0.262. The molecule has 0 heterocycles. The zero-order chi connectivity index (χ0) is 16.8. The van der Waals surface area contributed by atoms with Crippen LogP contribution in [0.25, 0.3) is 43.4 Å². The van der Waals surface area contributed by atoms with E-state index < -0.39 is 0 Å². The molecule has 0 aliphatic rings. The summed E-state index contributed by atoms with van der Waals surface area (Å²) in [6.45, 7) is 0. The van der Waals surface area contributed by atoms with Crippen molar-refractivity contribution < 1.29 is 0 Å². The fraction of sp³-hybridized carbons (Fsp3) is 0. The normalized spacial score (nSPS) is 11.4. The molecule has 0 aliphatic heterocycles. The highest BCUT2D eigenvalue weighted by atomic mass is 79.9. The van der Waals surface area contributed by atoms with Crippen molar-refractivity contribution in [2.75, 3.05) is 0 Å². The number of rotatable bonds is 1.